The third-order valence-electron chi connectivity index (χ3n) is 7.69. The molecule has 0 bridgehead atoms. The molecule has 1 fully saturated rings. The molecule has 4 nitrogen and oxygen atoms in total. The Hall–Kier alpha value is -2.45. The predicted octanol–water partition coefficient (Wildman–Crippen LogP) is 4.04. The normalized spacial score (nSPS) is 35.1. The van der Waals surface area contributed by atoms with Crippen LogP contribution in [-0.4, -0.2) is 48.6 Å². The highest BCUT2D eigenvalue weighted by Gasteiger charge is 2.83. The van der Waals surface area contributed by atoms with Gasteiger partial charge in [-0.2, -0.15) is 0 Å². The van der Waals surface area contributed by atoms with E-state index >= 15 is 17.3 Å². The Balaban J connectivity index is 1.90. The van der Waals surface area contributed by atoms with E-state index < -0.39 is 37.1 Å². The zero-order valence-electron chi connectivity index (χ0n) is 18.3. The second-order valence-electron chi connectivity index (χ2n) is 9.05. The number of hydrogen-bond donors (Lipinski definition) is 0. The van der Waals surface area contributed by atoms with Crippen LogP contribution in [-0.2, 0) is 20.5 Å². The summed E-state index contributed by atoms with van der Waals surface area (Å²) in [6.07, 6.45) is 0. The molecule has 3 aliphatic rings. The number of hydrogen-bond acceptors (Lipinski definition) is 2. The fourth-order valence-electron chi connectivity index (χ4n) is 6.10. The average Bonchev–Trinajstić information content (AvgIpc) is 2.76. The SMILES string of the molecule is CC1=[N+](C)[B-](F)(F)OC2(c3ccccc3)C1C1(c3ccccc3)O[B-](F)(F)[N+](C)=C(C)C21. The van der Waals surface area contributed by atoms with Gasteiger partial charge in [0, 0.05) is 13.8 Å². The molecule has 0 amide bonds. The minimum Gasteiger partial charge on any atom is -0.459 e. The van der Waals surface area contributed by atoms with E-state index in [0.717, 1.165) is 8.97 Å². The van der Waals surface area contributed by atoms with Crippen molar-refractivity contribution < 1.29 is 35.5 Å². The van der Waals surface area contributed by atoms with Gasteiger partial charge in [0.2, 0.25) is 0 Å². The molecule has 0 spiro atoms. The second-order valence-corrected chi connectivity index (χ2v) is 9.05. The van der Waals surface area contributed by atoms with Gasteiger partial charge in [0.05, 0.1) is 37.1 Å². The van der Waals surface area contributed by atoms with Crippen molar-refractivity contribution >= 4 is 25.5 Å². The lowest BCUT2D eigenvalue weighted by atomic mass is 9.41. The van der Waals surface area contributed by atoms with Crippen LogP contribution in [0.3, 0.4) is 0 Å². The summed E-state index contributed by atoms with van der Waals surface area (Å²) in [4.78, 5) is 0. The van der Waals surface area contributed by atoms with Gasteiger partial charge in [-0.25, -0.2) is 0 Å². The van der Waals surface area contributed by atoms with Gasteiger partial charge in [0.1, 0.15) is 11.4 Å². The standard InChI is InChI=1S/C22H24B2F4N2O2/c1-15-19-21(17-11-7-5-8-12-17,31-23(25,26)29(15)3)20-16(2)30(4)24(27,28)32-22(19,20)18-13-9-6-10-14-18/h5-14,19-20H,1-4H3. The van der Waals surface area contributed by atoms with Gasteiger partial charge < -0.3 is 35.5 Å². The van der Waals surface area contributed by atoms with Crippen LogP contribution in [0, 0.1) is 11.8 Å². The predicted molar refractivity (Wildman–Crippen MR) is 115 cm³/mol. The fraction of sp³-hybridized carbons (Fsp3) is 0.364. The smallest absolute Gasteiger partial charge is 0.459 e. The summed E-state index contributed by atoms with van der Waals surface area (Å²) >= 11 is 0. The molecule has 5 rings (SSSR count). The average molecular weight is 446 g/mol. The van der Waals surface area contributed by atoms with E-state index in [1.54, 1.807) is 74.5 Å². The number of fused-ring (bicyclic) bond motifs is 4. The molecule has 2 heterocycles. The third kappa shape index (κ3) is 2.42. The zero-order chi connectivity index (χ0) is 23.1. The summed E-state index contributed by atoms with van der Waals surface area (Å²) in [7, 11) is -6.30. The third-order valence-corrected chi connectivity index (χ3v) is 7.69. The molecule has 0 radical (unpaired) electrons. The molecule has 2 aromatic carbocycles. The zero-order valence-corrected chi connectivity index (χ0v) is 18.3. The highest BCUT2D eigenvalue weighted by molar-refractivity contribution is 6.52. The van der Waals surface area contributed by atoms with E-state index in [1.165, 1.54) is 14.1 Å². The Morgan fingerprint density at radius 3 is 1.28 bits per heavy atom. The molecule has 0 N–H and O–H groups in total. The van der Waals surface area contributed by atoms with Crippen LogP contribution < -0.4 is 0 Å². The molecule has 0 aromatic heterocycles. The van der Waals surface area contributed by atoms with E-state index in [0.29, 0.717) is 11.1 Å². The van der Waals surface area contributed by atoms with Gasteiger partial charge in [-0.1, -0.05) is 60.7 Å². The minimum atomic E-state index is -4.39. The highest BCUT2D eigenvalue weighted by atomic mass is 19.3. The minimum absolute atomic E-state index is 0.258. The summed E-state index contributed by atoms with van der Waals surface area (Å²) in [5.41, 5.74) is -1.55. The van der Waals surface area contributed by atoms with Crippen LogP contribution in [0.5, 0.6) is 0 Å². The highest BCUT2D eigenvalue weighted by Crippen LogP contribution is 2.70. The van der Waals surface area contributed by atoms with Crippen LogP contribution >= 0.6 is 0 Å². The van der Waals surface area contributed by atoms with Crippen molar-refractivity contribution in [3.8, 4) is 0 Å². The number of halogens is 4. The monoisotopic (exact) mass is 446 g/mol. The van der Waals surface area contributed by atoms with Crippen molar-refractivity contribution in [2.45, 2.75) is 25.0 Å². The molecule has 168 valence electrons. The molecule has 10 heteroatoms. The van der Waals surface area contributed by atoms with E-state index in [-0.39, 0.29) is 11.4 Å². The Morgan fingerprint density at radius 2 is 0.969 bits per heavy atom. The maximum absolute atomic E-state index is 15.2. The molecule has 0 atom stereocenters. The first kappa shape index (κ1) is 21.4. The van der Waals surface area contributed by atoms with E-state index in [2.05, 4.69) is 0 Å². The van der Waals surface area contributed by atoms with Gasteiger partial charge in [0.25, 0.3) is 0 Å². The first-order valence-corrected chi connectivity index (χ1v) is 10.7. The lowest BCUT2D eigenvalue weighted by molar-refractivity contribution is -0.484. The lowest BCUT2D eigenvalue weighted by Crippen LogP contribution is -2.84. The Bertz CT molecular complexity index is 1060. The largest absolute Gasteiger partial charge is 0.769 e. The molecule has 0 saturated heterocycles. The summed E-state index contributed by atoms with van der Waals surface area (Å²) in [5.74, 6) is -1.76. The topological polar surface area (TPSA) is 24.5 Å². The molecule has 1 aliphatic carbocycles. The van der Waals surface area contributed by atoms with Crippen LogP contribution in [0.15, 0.2) is 60.7 Å². The van der Waals surface area contributed by atoms with Gasteiger partial charge >= 0.3 is 14.1 Å². The number of benzene rings is 2. The van der Waals surface area contributed by atoms with E-state index in [4.69, 9.17) is 9.31 Å². The van der Waals surface area contributed by atoms with Crippen LogP contribution in [0.4, 0.5) is 17.3 Å². The van der Waals surface area contributed by atoms with Crippen LogP contribution in [0.2, 0.25) is 0 Å². The molecule has 2 aliphatic heterocycles. The van der Waals surface area contributed by atoms with Crippen molar-refractivity contribution in [1.82, 2.24) is 0 Å². The molecule has 0 unspecified atom stereocenters. The maximum Gasteiger partial charge on any atom is 0.769 e. The van der Waals surface area contributed by atoms with Crippen molar-refractivity contribution in [1.29, 1.82) is 0 Å². The van der Waals surface area contributed by atoms with E-state index in [1.807, 2.05) is 0 Å². The Labute approximate surface area is 184 Å². The van der Waals surface area contributed by atoms with Gasteiger partial charge in [-0.15, -0.1) is 0 Å². The number of rotatable bonds is 2. The summed E-state index contributed by atoms with van der Waals surface area (Å²) in [5, 5.41) is 0. The van der Waals surface area contributed by atoms with Crippen LogP contribution in [0.25, 0.3) is 0 Å². The van der Waals surface area contributed by atoms with Crippen molar-refractivity contribution in [3.63, 3.8) is 0 Å². The van der Waals surface area contributed by atoms with Gasteiger partial charge in [-0.3, -0.25) is 0 Å². The van der Waals surface area contributed by atoms with Gasteiger partial charge in [0.15, 0.2) is 0 Å². The quantitative estimate of drug-likeness (QED) is 0.514. The first-order valence-electron chi connectivity index (χ1n) is 10.7. The van der Waals surface area contributed by atoms with Crippen molar-refractivity contribution in [2.24, 2.45) is 11.8 Å². The molecular weight excluding hydrogens is 422 g/mol. The Kier molecular flexibility index (Phi) is 4.38. The van der Waals surface area contributed by atoms with E-state index in [9.17, 15) is 0 Å². The molecule has 2 aromatic rings. The fourth-order valence-corrected chi connectivity index (χ4v) is 6.10. The number of nitrogens with zero attached hydrogens (tertiary/aromatic N) is 2. The van der Waals surface area contributed by atoms with Crippen molar-refractivity contribution in [3.05, 3.63) is 71.8 Å². The second kappa shape index (κ2) is 6.54. The van der Waals surface area contributed by atoms with Crippen molar-refractivity contribution in [2.75, 3.05) is 14.1 Å². The Morgan fingerprint density at radius 1 is 0.656 bits per heavy atom. The molecular formula is C22H24B2F4N2O2. The first-order chi connectivity index (χ1) is 15.0. The lowest BCUT2D eigenvalue weighted by Gasteiger charge is -2.72. The van der Waals surface area contributed by atoms with Gasteiger partial charge in [-0.05, 0) is 11.1 Å². The summed E-state index contributed by atoms with van der Waals surface area (Å²) in [6.45, 7) is 3.12. The summed E-state index contributed by atoms with van der Waals surface area (Å²) < 4.78 is 73.9. The molecule has 1 saturated carbocycles. The maximum atomic E-state index is 15.2. The molecule has 32 heavy (non-hydrogen) atoms. The summed E-state index contributed by atoms with van der Waals surface area (Å²) in [6, 6.07) is 17.4. The van der Waals surface area contributed by atoms with Crippen LogP contribution in [0.1, 0.15) is 25.0 Å².